The van der Waals surface area contributed by atoms with Gasteiger partial charge in [-0.3, -0.25) is 14.3 Å². The molecule has 178 valence electrons. The number of aromatic nitrogens is 2. The molecule has 0 radical (unpaired) electrons. The van der Waals surface area contributed by atoms with E-state index in [1.165, 1.54) is 7.11 Å². The zero-order valence-electron chi connectivity index (χ0n) is 19.7. The molecule has 2 atom stereocenters. The third-order valence-electron chi connectivity index (χ3n) is 5.90. The van der Waals surface area contributed by atoms with Crippen LogP contribution in [0.15, 0.2) is 36.4 Å². The second-order valence-corrected chi connectivity index (χ2v) is 8.63. The zero-order valence-corrected chi connectivity index (χ0v) is 20.5. The summed E-state index contributed by atoms with van der Waals surface area (Å²) in [5, 5.41) is 10.7. The van der Waals surface area contributed by atoms with Crippen molar-refractivity contribution < 1.29 is 19.1 Å². The van der Waals surface area contributed by atoms with E-state index < -0.39 is 12.0 Å². The van der Waals surface area contributed by atoms with E-state index in [2.05, 4.69) is 15.7 Å². The Kier molecular flexibility index (Phi) is 6.52. The highest BCUT2D eigenvalue weighted by atomic mass is 35.5. The zero-order chi connectivity index (χ0) is 24.6. The number of ether oxygens (including phenoxy) is 2. The van der Waals surface area contributed by atoms with Crippen molar-refractivity contribution in [1.82, 2.24) is 15.1 Å². The molecule has 3 aromatic rings. The Labute approximate surface area is 203 Å². The van der Waals surface area contributed by atoms with Gasteiger partial charge in [0.25, 0.3) is 5.91 Å². The fourth-order valence-corrected chi connectivity index (χ4v) is 4.75. The van der Waals surface area contributed by atoms with Crippen LogP contribution in [0.3, 0.4) is 0 Å². The highest BCUT2D eigenvalue weighted by molar-refractivity contribution is 6.32. The van der Waals surface area contributed by atoms with Crippen LogP contribution < -0.4 is 20.1 Å². The molecule has 4 rings (SSSR count). The van der Waals surface area contributed by atoms with Gasteiger partial charge in [0.2, 0.25) is 5.91 Å². The molecule has 0 unspecified atom stereocenters. The molecule has 1 aromatic heterocycles. The molecule has 0 aliphatic carbocycles. The summed E-state index contributed by atoms with van der Waals surface area (Å²) in [6, 6.07) is 9.87. The first kappa shape index (κ1) is 23.6. The molecule has 34 heavy (non-hydrogen) atoms. The van der Waals surface area contributed by atoms with Gasteiger partial charge in [-0.2, -0.15) is 5.10 Å². The van der Waals surface area contributed by atoms with Gasteiger partial charge in [0.1, 0.15) is 11.9 Å². The van der Waals surface area contributed by atoms with Crippen LogP contribution in [0.1, 0.15) is 45.6 Å². The van der Waals surface area contributed by atoms with E-state index in [9.17, 15) is 9.59 Å². The van der Waals surface area contributed by atoms with Crippen molar-refractivity contribution in [1.29, 1.82) is 0 Å². The molecule has 8 nitrogen and oxygen atoms in total. The Hall–Kier alpha value is -3.52. The molecule has 1 aliphatic heterocycles. The summed E-state index contributed by atoms with van der Waals surface area (Å²) in [5.74, 6) is 0.225. The smallest absolute Gasteiger partial charge is 0.251 e. The highest BCUT2D eigenvalue weighted by Crippen LogP contribution is 2.44. The van der Waals surface area contributed by atoms with Crippen LogP contribution in [0.2, 0.25) is 5.02 Å². The summed E-state index contributed by atoms with van der Waals surface area (Å²) in [5.41, 5.74) is 3.67. The molecule has 2 heterocycles. The SMILES string of the molecule is CCOc1cc([C@H]2c3c(C)nn(C)c3NC(=O)[C@@H]2NC(=O)c2cccc(C)c2)cc(Cl)c1OC. The first-order valence-electron chi connectivity index (χ1n) is 11.0. The third-order valence-corrected chi connectivity index (χ3v) is 6.18. The van der Waals surface area contributed by atoms with Crippen molar-refractivity contribution in [2.24, 2.45) is 7.05 Å². The number of rotatable bonds is 6. The van der Waals surface area contributed by atoms with Crippen LogP contribution >= 0.6 is 11.6 Å². The van der Waals surface area contributed by atoms with Crippen molar-refractivity contribution in [2.45, 2.75) is 32.7 Å². The number of benzene rings is 2. The summed E-state index contributed by atoms with van der Waals surface area (Å²) in [7, 11) is 3.28. The van der Waals surface area contributed by atoms with Crippen LogP contribution in [0.4, 0.5) is 5.82 Å². The molecule has 0 saturated heterocycles. The minimum absolute atomic E-state index is 0.341. The number of nitrogens with one attached hydrogen (secondary N) is 2. The fraction of sp³-hybridized carbons (Fsp3) is 0.320. The fourth-order valence-electron chi connectivity index (χ4n) is 4.45. The maximum Gasteiger partial charge on any atom is 0.251 e. The molecular weight excluding hydrogens is 456 g/mol. The summed E-state index contributed by atoms with van der Waals surface area (Å²) in [4.78, 5) is 26.4. The number of halogens is 1. The van der Waals surface area contributed by atoms with E-state index in [0.29, 0.717) is 40.1 Å². The van der Waals surface area contributed by atoms with Crippen LogP contribution in [-0.2, 0) is 11.8 Å². The molecule has 0 spiro atoms. The largest absolute Gasteiger partial charge is 0.491 e. The van der Waals surface area contributed by atoms with Gasteiger partial charge in [-0.25, -0.2) is 0 Å². The molecule has 9 heteroatoms. The van der Waals surface area contributed by atoms with Crippen molar-refractivity contribution in [3.63, 3.8) is 0 Å². The van der Waals surface area contributed by atoms with E-state index in [4.69, 9.17) is 21.1 Å². The number of anilines is 1. The van der Waals surface area contributed by atoms with Gasteiger partial charge in [0, 0.05) is 24.1 Å². The molecule has 1 aliphatic rings. The lowest BCUT2D eigenvalue weighted by Gasteiger charge is -2.33. The Morgan fingerprint density at radius 3 is 2.71 bits per heavy atom. The standard InChI is InChI=1S/C25H27ClN4O4/c1-6-34-18-12-16(11-17(26)22(18)33-5)20-19-14(3)29-30(4)23(19)28-25(32)21(20)27-24(31)15-9-7-8-13(2)10-15/h7-12,20-21H,6H2,1-5H3,(H,27,31)(H,28,32)/t20-,21+/m0/s1. The Bertz CT molecular complexity index is 1270. The number of amides is 2. The van der Waals surface area contributed by atoms with E-state index in [1.54, 1.807) is 36.0 Å². The van der Waals surface area contributed by atoms with E-state index >= 15 is 0 Å². The monoisotopic (exact) mass is 482 g/mol. The number of hydrogen-bond acceptors (Lipinski definition) is 5. The highest BCUT2D eigenvalue weighted by Gasteiger charge is 2.42. The van der Waals surface area contributed by atoms with Crippen molar-refractivity contribution in [3.05, 3.63) is 69.4 Å². The quantitative estimate of drug-likeness (QED) is 0.554. The first-order valence-corrected chi connectivity index (χ1v) is 11.3. The number of hydrogen-bond donors (Lipinski definition) is 2. The lowest BCUT2D eigenvalue weighted by atomic mass is 9.81. The maximum absolute atomic E-state index is 13.3. The molecule has 2 aromatic carbocycles. The third kappa shape index (κ3) is 4.21. The topological polar surface area (TPSA) is 94.5 Å². The summed E-state index contributed by atoms with van der Waals surface area (Å²) in [6.45, 7) is 6.05. The van der Waals surface area contributed by atoms with Crippen LogP contribution in [-0.4, -0.2) is 41.4 Å². The predicted molar refractivity (Wildman–Crippen MR) is 130 cm³/mol. The summed E-state index contributed by atoms with van der Waals surface area (Å²) in [6.07, 6.45) is 0. The second-order valence-electron chi connectivity index (χ2n) is 8.23. The molecule has 2 amide bonds. The first-order chi connectivity index (χ1) is 16.2. The van der Waals surface area contributed by atoms with Gasteiger partial charge >= 0.3 is 0 Å². The van der Waals surface area contributed by atoms with Gasteiger partial charge in [-0.05, 0) is 50.6 Å². The van der Waals surface area contributed by atoms with Crippen molar-refractivity contribution in [3.8, 4) is 11.5 Å². The van der Waals surface area contributed by atoms with Gasteiger partial charge in [-0.15, -0.1) is 0 Å². The average Bonchev–Trinajstić information content (AvgIpc) is 3.07. The molecule has 0 saturated carbocycles. The van der Waals surface area contributed by atoms with E-state index in [1.807, 2.05) is 32.9 Å². The van der Waals surface area contributed by atoms with Crippen LogP contribution in [0, 0.1) is 13.8 Å². The Morgan fingerprint density at radius 1 is 1.26 bits per heavy atom. The van der Waals surface area contributed by atoms with Crippen LogP contribution in [0.25, 0.3) is 0 Å². The Balaban J connectivity index is 1.85. The average molecular weight is 483 g/mol. The van der Waals surface area contributed by atoms with E-state index in [-0.39, 0.29) is 11.8 Å². The van der Waals surface area contributed by atoms with Crippen molar-refractivity contribution >= 4 is 29.2 Å². The van der Waals surface area contributed by atoms with E-state index in [0.717, 1.165) is 16.8 Å². The number of carbonyl (C=O) groups is 2. The van der Waals surface area contributed by atoms with Gasteiger partial charge in [0.05, 0.1) is 24.4 Å². The minimum atomic E-state index is -0.901. The number of carbonyl (C=O) groups excluding carboxylic acids is 2. The summed E-state index contributed by atoms with van der Waals surface area (Å²) >= 11 is 6.55. The molecular formula is C25H27ClN4O4. The predicted octanol–water partition coefficient (Wildman–Crippen LogP) is 3.98. The minimum Gasteiger partial charge on any atom is -0.491 e. The number of aryl methyl sites for hydroxylation is 3. The number of methoxy groups -OCH3 is 1. The molecule has 2 N–H and O–H groups in total. The Morgan fingerprint density at radius 2 is 2.03 bits per heavy atom. The summed E-state index contributed by atoms with van der Waals surface area (Å²) < 4.78 is 12.8. The van der Waals surface area contributed by atoms with Crippen LogP contribution in [0.5, 0.6) is 11.5 Å². The lowest BCUT2D eigenvalue weighted by Crippen LogP contribution is -2.50. The normalized spacial score (nSPS) is 17.1. The maximum atomic E-state index is 13.3. The molecule has 0 bridgehead atoms. The van der Waals surface area contributed by atoms with Gasteiger partial charge in [0.15, 0.2) is 11.5 Å². The number of nitrogens with zero attached hydrogens (tertiary/aromatic N) is 2. The van der Waals surface area contributed by atoms with Crippen molar-refractivity contribution in [2.75, 3.05) is 19.0 Å². The lowest BCUT2D eigenvalue weighted by molar-refractivity contribution is -0.118. The number of fused-ring (bicyclic) bond motifs is 1. The molecule has 0 fully saturated rings. The van der Waals surface area contributed by atoms with Gasteiger partial charge < -0.3 is 20.1 Å². The van der Waals surface area contributed by atoms with Gasteiger partial charge in [-0.1, -0.05) is 29.3 Å². The second kappa shape index (κ2) is 9.38.